The van der Waals surface area contributed by atoms with E-state index in [9.17, 15) is 9.59 Å². The van der Waals surface area contributed by atoms with Gasteiger partial charge >= 0.3 is 0 Å². The maximum atomic E-state index is 12.5. The van der Waals surface area contributed by atoms with Crippen LogP contribution >= 0.6 is 0 Å². The smallest absolute Gasteiger partial charge is 0.236 e. The first-order valence-electron chi connectivity index (χ1n) is 9.31. The minimum Gasteiger partial charge on any atom is -0.339 e. The van der Waals surface area contributed by atoms with E-state index in [2.05, 4.69) is 18.9 Å². The summed E-state index contributed by atoms with van der Waals surface area (Å²) in [6.45, 7) is 5.68. The van der Waals surface area contributed by atoms with Crippen molar-refractivity contribution in [1.29, 1.82) is 0 Å². The van der Waals surface area contributed by atoms with Crippen LogP contribution in [0.3, 0.4) is 0 Å². The van der Waals surface area contributed by atoms with E-state index in [0.29, 0.717) is 44.7 Å². The predicted molar refractivity (Wildman–Crippen MR) is 89.9 cm³/mol. The third kappa shape index (κ3) is 4.25. The topological polar surface area (TPSA) is 43.9 Å². The van der Waals surface area contributed by atoms with E-state index in [1.165, 1.54) is 25.7 Å². The lowest BCUT2D eigenvalue weighted by molar-refractivity contribution is -0.141. The van der Waals surface area contributed by atoms with Crippen molar-refractivity contribution in [3.8, 4) is 0 Å². The Kier molecular flexibility index (Phi) is 5.24. The van der Waals surface area contributed by atoms with Gasteiger partial charge in [-0.1, -0.05) is 6.92 Å². The Bertz CT molecular complexity index is 434. The summed E-state index contributed by atoms with van der Waals surface area (Å²) in [5.41, 5.74) is 0. The molecule has 5 nitrogen and oxygen atoms in total. The summed E-state index contributed by atoms with van der Waals surface area (Å²) in [7, 11) is 2.09. The van der Waals surface area contributed by atoms with E-state index >= 15 is 0 Å². The molecule has 0 aromatic carbocycles. The molecule has 0 aromatic rings. The standard InChI is InChI=1S/C18H31N3O2/c1-14-3-7-16(8-4-14)19(2)13-17(22)20-9-11-21(12-10-20)18(23)15-5-6-15/h14-16H,3-13H2,1-2H3. The summed E-state index contributed by atoms with van der Waals surface area (Å²) in [5.74, 6) is 1.67. The average molecular weight is 321 g/mol. The molecule has 3 rings (SSSR count). The molecule has 2 aliphatic carbocycles. The Hall–Kier alpha value is -1.10. The first-order chi connectivity index (χ1) is 11.0. The van der Waals surface area contributed by atoms with Gasteiger partial charge in [-0.2, -0.15) is 0 Å². The number of likely N-dealkylation sites (N-methyl/N-ethyl adjacent to an activating group) is 1. The molecule has 3 aliphatic rings. The van der Waals surface area contributed by atoms with Crippen LogP contribution in [-0.4, -0.2) is 72.3 Å². The van der Waals surface area contributed by atoms with Gasteiger partial charge in [0.1, 0.15) is 0 Å². The molecule has 5 heteroatoms. The summed E-state index contributed by atoms with van der Waals surface area (Å²) < 4.78 is 0. The molecule has 3 fully saturated rings. The lowest BCUT2D eigenvalue weighted by Crippen LogP contribution is -2.53. The molecule has 130 valence electrons. The molecular formula is C18H31N3O2. The molecule has 0 unspecified atom stereocenters. The third-order valence-electron chi connectivity index (χ3n) is 5.86. The Morgan fingerprint density at radius 1 is 0.913 bits per heavy atom. The molecule has 2 amide bonds. The van der Waals surface area contributed by atoms with Crippen molar-refractivity contribution in [2.75, 3.05) is 39.8 Å². The second-order valence-corrected chi connectivity index (χ2v) is 7.81. The quantitative estimate of drug-likeness (QED) is 0.789. The molecule has 23 heavy (non-hydrogen) atoms. The van der Waals surface area contributed by atoms with Crippen molar-refractivity contribution in [2.24, 2.45) is 11.8 Å². The summed E-state index contributed by atoms with van der Waals surface area (Å²) in [4.78, 5) is 30.7. The van der Waals surface area contributed by atoms with E-state index in [4.69, 9.17) is 0 Å². The van der Waals surface area contributed by atoms with E-state index in [0.717, 1.165) is 18.8 Å². The van der Waals surface area contributed by atoms with Crippen LogP contribution in [-0.2, 0) is 9.59 Å². The van der Waals surface area contributed by atoms with Gasteiger partial charge in [0.15, 0.2) is 0 Å². The minimum absolute atomic E-state index is 0.227. The fourth-order valence-corrected chi connectivity index (χ4v) is 3.89. The van der Waals surface area contributed by atoms with Crippen LogP contribution in [0.1, 0.15) is 45.4 Å². The number of piperazine rings is 1. The highest BCUT2D eigenvalue weighted by atomic mass is 16.2. The largest absolute Gasteiger partial charge is 0.339 e. The van der Waals surface area contributed by atoms with Gasteiger partial charge in [-0.15, -0.1) is 0 Å². The minimum atomic E-state index is 0.227. The third-order valence-corrected chi connectivity index (χ3v) is 5.86. The number of amides is 2. The van der Waals surface area contributed by atoms with E-state index < -0.39 is 0 Å². The van der Waals surface area contributed by atoms with Crippen LogP contribution < -0.4 is 0 Å². The molecule has 1 heterocycles. The first-order valence-corrected chi connectivity index (χ1v) is 9.31. The molecule has 1 saturated heterocycles. The van der Waals surface area contributed by atoms with Crippen molar-refractivity contribution in [1.82, 2.24) is 14.7 Å². The van der Waals surface area contributed by atoms with E-state index in [1.54, 1.807) is 0 Å². The van der Waals surface area contributed by atoms with Crippen molar-refractivity contribution in [3.63, 3.8) is 0 Å². The summed E-state index contributed by atoms with van der Waals surface area (Å²) >= 11 is 0. The van der Waals surface area contributed by atoms with Gasteiger partial charge in [0.25, 0.3) is 0 Å². The molecule has 0 atom stereocenters. The zero-order valence-electron chi connectivity index (χ0n) is 14.7. The Balaban J connectivity index is 1.41. The molecule has 1 aliphatic heterocycles. The molecule has 2 saturated carbocycles. The highest BCUT2D eigenvalue weighted by Crippen LogP contribution is 2.31. The zero-order chi connectivity index (χ0) is 16.4. The molecule has 0 radical (unpaired) electrons. The first kappa shape index (κ1) is 16.7. The fourth-order valence-electron chi connectivity index (χ4n) is 3.89. The highest BCUT2D eigenvalue weighted by molar-refractivity contribution is 5.82. The van der Waals surface area contributed by atoms with Gasteiger partial charge in [-0.25, -0.2) is 0 Å². The van der Waals surface area contributed by atoms with Gasteiger partial charge in [0.05, 0.1) is 6.54 Å². The summed E-state index contributed by atoms with van der Waals surface area (Å²) in [5, 5.41) is 0. The van der Waals surface area contributed by atoms with Crippen LogP contribution in [0.5, 0.6) is 0 Å². The molecule has 0 N–H and O–H groups in total. The highest BCUT2D eigenvalue weighted by Gasteiger charge is 2.35. The maximum Gasteiger partial charge on any atom is 0.236 e. The number of hydrogen-bond donors (Lipinski definition) is 0. The normalized spacial score (nSPS) is 29.0. The second kappa shape index (κ2) is 7.20. The average Bonchev–Trinajstić information content (AvgIpc) is 3.40. The van der Waals surface area contributed by atoms with E-state index in [1.807, 2.05) is 9.80 Å². The van der Waals surface area contributed by atoms with Gasteiger partial charge in [-0.05, 0) is 51.5 Å². The van der Waals surface area contributed by atoms with Crippen molar-refractivity contribution in [3.05, 3.63) is 0 Å². The number of carbonyl (C=O) groups is 2. The SMILES string of the molecule is CC1CCC(N(C)CC(=O)N2CCN(C(=O)C3CC3)CC2)CC1. The zero-order valence-corrected chi connectivity index (χ0v) is 14.7. The monoisotopic (exact) mass is 321 g/mol. The van der Waals surface area contributed by atoms with Gasteiger partial charge in [-0.3, -0.25) is 14.5 Å². The van der Waals surface area contributed by atoms with Gasteiger partial charge in [0.2, 0.25) is 11.8 Å². The summed E-state index contributed by atoms with van der Waals surface area (Å²) in [6, 6.07) is 0.563. The number of carbonyl (C=O) groups excluding carboxylic acids is 2. The lowest BCUT2D eigenvalue weighted by Gasteiger charge is -2.37. The van der Waals surface area contributed by atoms with Crippen LogP contribution in [0.15, 0.2) is 0 Å². The summed E-state index contributed by atoms with van der Waals surface area (Å²) in [6.07, 6.45) is 7.12. The van der Waals surface area contributed by atoms with Gasteiger partial charge < -0.3 is 9.80 Å². The van der Waals surface area contributed by atoms with Crippen LogP contribution in [0.4, 0.5) is 0 Å². The Morgan fingerprint density at radius 3 is 2.04 bits per heavy atom. The molecule has 0 aromatic heterocycles. The molecule has 0 bridgehead atoms. The van der Waals surface area contributed by atoms with Crippen LogP contribution in [0.25, 0.3) is 0 Å². The van der Waals surface area contributed by atoms with E-state index in [-0.39, 0.29) is 11.8 Å². The molecule has 0 spiro atoms. The van der Waals surface area contributed by atoms with Gasteiger partial charge in [0, 0.05) is 38.1 Å². The predicted octanol–water partition coefficient (Wildman–Crippen LogP) is 1.58. The Morgan fingerprint density at radius 2 is 1.48 bits per heavy atom. The second-order valence-electron chi connectivity index (χ2n) is 7.81. The lowest BCUT2D eigenvalue weighted by atomic mass is 9.87. The van der Waals surface area contributed by atoms with Crippen molar-refractivity contribution < 1.29 is 9.59 Å². The molecular weight excluding hydrogens is 290 g/mol. The van der Waals surface area contributed by atoms with Crippen molar-refractivity contribution in [2.45, 2.75) is 51.5 Å². The Labute approximate surface area is 140 Å². The number of nitrogens with zero attached hydrogens (tertiary/aromatic N) is 3. The van der Waals surface area contributed by atoms with Crippen LogP contribution in [0, 0.1) is 11.8 Å². The number of hydrogen-bond acceptors (Lipinski definition) is 3. The van der Waals surface area contributed by atoms with Crippen molar-refractivity contribution >= 4 is 11.8 Å². The fraction of sp³-hybridized carbons (Fsp3) is 0.889. The maximum absolute atomic E-state index is 12.5. The van der Waals surface area contributed by atoms with Crippen LogP contribution in [0.2, 0.25) is 0 Å². The number of rotatable bonds is 4.